The molecule has 1 aliphatic rings. The summed E-state index contributed by atoms with van der Waals surface area (Å²) in [4.78, 5) is 26.2. The van der Waals surface area contributed by atoms with Crippen LogP contribution in [0.2, 0.25) is 18.1 Å². The first-order valence-corrected chi connectivity index (χ1v) is 12.2. The maximum atomic E-state index is 12.3. The second-order valence-corrected chi connectivity index (χ2v) is 13.3. The number of aromatic amines is 1. The van der Waals surface area contributed by atoms with Crippen LogP contribution in [0, 0.1) is 6.92 Å². The van der Waals surface area contributed by atoms with Gasteiger partial charge in [-0.15, -0.1) is 0 Å². The van der Waals surface area contributed by atoms with Gasteiger partial charge in [-0.25, -0.2) is 4.79 Å². The fourth-order valence-corrected chi connectivity index (χ4v) is 4.11. The highest BCUT2D eigenvalue weighted by Crippen LogP contribution is 2.41. The lowest BCUT2D eigenvalue weighted by Crippen LogP contribution is -2.46. The van der Waals surface area contributed by atoms with Gasteiger partial charge >= 0.3 is 5.69 Å². The third kappa shape index (κ3) is 5.00. The lowest BCUT2D eigenvalue weighted by molar-refractivity contribution is -0.0465. The highest BCUT2D eigenvalue weighted by Gasteiger charge is 2.45. The van der Waals surface area contributed by atoms with Crippen molar-refractivity contribution in [2.75, 3.05) is 6.61 Å². The molecule has 0 aliphatic carbocycles. The second kappa shape index (κ2) is 8.16. The number of nitrogens with one attached hydrogen (secondary N) is 1. The smallest absolute Gasteiger partial charge is 0.330 e. The summed E-state index contributed by atoms with van der Waals surface area (Å²) < 4.78 is 19.7. The molecule has 1 aromatic heterocycles. The van der Waals surface area contributed by atoms with Crippen LogP contribution in [0.15, 0.2) is 28.1 Å². The Morgan fingerprint density at radius 2 is 2.04 bits per heavy atom. The average molecular weight is 397 g/mol. The van der Waals surface area contributed by atoms with E-state index >= 15 is 0 Å². The quantitative estimate of drug-likeness (QED) is 0.590. The first-order chi connectivity index (χ1) is 12.5. The summed E-state index contributed by atoms with van der Waals surface area (Å²) in [5.74, 6) is 0. The summed E-state index contributed by atoms with van der Waals surface area (Å²) in [5, 5.41) is 0.0607. The van der Waals surface area contributed by atoms with Gasteiger partial charge in [0.1, 0.15) is 18.9 Å². The predicted octanol–water partition coefficient (Wildman–Crippen LogP) is 3.07. The highest BCUT2D eigenvalue weighted by molar-refractivity contribution is 6.74. The molecule has 0 bridgehead atoms. The Morgan fingerprint density at radius 1 is 1.37 bits per heavy atom. The number of hydrogen-bond acceptors (Lipinski definition) is 5. The maximum Gasteiger partial charge on any atom is 0.330 e. The summed E-state index contributed by atoms with van der Waals surface area (Å²) in [6.07, 6.45) is 4.54. The number of aryl methyl sites for hydroxylation is 1. The van der Waals surface area contributed by atoms with Crippen molar-refractivity contribution >= 4 is 8.32 Å². The van der Waals surface area contributed by atoms with E-state index in [1.807, 2.05) is 13.0 Å². The summed E-state index contributed by atoms with van der Waals surface area (Å²) in [7, 11) is -2.02. The molecule has 1 saturated heterocycles. The molecule has 2 heterocycles. The lowest BCUT2D eigenvalue weighted by atomic mass is 10.2. The number of rotatable bonds is 6. The number of nitrogens with zero attached hydrogens (tertiary/aromatic N) is 1. The van der Waals surface area contributed by atoms with E-state index in [-0.39, 0.29) is 22.8 Å². The molecule has 1 aromatic rings. The van der Waals surface area contributed by atoms with Crippen LogP contribution in [0.4, 0.5) is 0 Å². The molecule has 0 aromatic carbocycles. The molecule has 3 atom stereocenters. The number of ether oxygens (including phenoxy) is 2. The Labute approximate surface area is 161 Å². The number of allylic oxidation sites excluding steroid dienone is 1. The fraction of sp³-hybridized carbons (Fsp3) is 0.684. The molecule has 27 heavy (non-hydrogen) atoms. The van der Waals surface area contributed by atoms with E-state index in [4.69, 9.17) is 13.9 Å². The van der Waals surface area contributed by atoms with Gasteiger partial charge < -0.3 is 13.9 Å². The Balaban J connectivity index is 2.28. The van der Waals surface area contributed by atoms with Crippen LogP contribution < -0.4 is 11.2 Å². The van der Waals surface area contributed by atoms with Crippen molar-refractivity contribution in [2.45, 2.75) is 77.6 Å². The van der Waals surface area contributed by atoms with Crippen LogP contribution >= 0.6 is 0 Å². The molecular formula is C19H32N2O5Si. The SMILES string of the molecule is CC=COC[C@H]1O[C@@H](n2cc(C)c(=O)[nH]c2=O)C[C@H]1O[Si](C)(C)C(C)(C)C. The van der Waals surface area contributed by atoms with Gasteiger partial charge in [-0.1, -0.05) is 26.8 Å². The molecular weight excluding hydrogens is 364 g/mol. The molecule has 0 unspecified atom stereocenters. The monoisotopic (exact) mass is 396 g/mol. The van der Waals surface area contributed by atoms with Crippen LogP contribution in [-0.2, 0) is 13.9 Å². The summed E-state index contributed by atoms with van der Waals surface area (Å²) in [6, 6.07) is 0. The Morgan fingerprint density at radius 3 is 2.63 bits per heavy atom. The molecule has 2 rings (SSSR count). The first kappa shape index (κ1) is 21.7. The van der Waals surface area contributed by atoms with Gasteiger partial charge in [0, 0.05) is 18.2 Å². The molecule has 1 fully saturated rings. The standard InChI is InChI=1S/C19H32N2O5Si/c1-8-9-24-12-15-14(26-27(6,7)19(3,4)5)10-16(25-15)21-11-13(2)17(22)20-18(21)23/h8-9,11,14-16H,10,12H2,1-7H3,(H,20,22,23)/t14-,15-,16-/m1/s1. The van der Waals surface area contributed by atoms with Gasteiger partial charge in [0.05, 0.1) is 12.4 Å². The third-order valence-electron chi connectivity index (χ3n) is 5.38. The van der Waals surface area contributed by atoms with Gasteiger partial charge in [-0.2, -0.15) is 0 Å². The van der Waals surface area contributed by atoms with E-state index in [1.54, 1.807) is 19.4 Å². The van der Waals surface area contributed by atoms with E-state index in [2.05, 4.69) is 38.8 Å². The van der Waals surface area contributed by atoms with Crippen molar-refractivity contribution in [1.29, 1.82) is 0 Å². The van der Waals surface area contributed by atoms with Crippen LogP contribution in [0.5, 0.6) is 0 Å². The molecule has 0 spiro atoms. The Bertz CT molecular complexity index is 791. The zero-order valence-electron chi connectivity index (χ0n) is 17.4. The molecule has 0 amide bonds. The van der Waals surface area contributed by atoms with E-state index in [0.29, 0.717) is 18.6 Å². The highest BCUT2D eigenvalue weighted by atomic mass is 28.4. The lowest BCUT2D eigenvalue weighted by Gasteiger charge is -2.39. The minimum Gasteiger partial charge on any atom is -0.499 e. The number of aromatic nitrogens is 2. The van der Waals surface area contributed by atoms with Gasteiger partial charge in [-0.3, -0.25) is 14.3 Å². The van der Waals surface area contributed by atoms with E-state index in [1.165, 1.54) is 4.57 Å². The zero-order valence-corrected chi connectivity index (χ0v) is 18.4. The molecule has 1 N–H and O–H groups in total. The van der Waals surface area contributed by atoms with Crippen LogP contribution in [0.3, 0.4) is 0 Å². The zero-order chi connectivity index (χ0) is 20.4. The topological polar surface area (TPSA) is 82.5 Å². The first-order valence-electron chi connectivity index (χ1n) is 9.34. The fourth-order valence-electron chi connectivity index (χ4n) is 2.75. The van der Waals surface area contributed by atoms with Crippen LogP contribution in [0.1, 0.15) is 45.9 Å². The van der Waals surface area contributed by atoms with Crippen LogP contribution in [-0.4, -0.2) is 36.7 Å². The third-order valence-corrected chi connectivity index (χ3v) is 9.89. The van der Waals surface area contributed by atoms with Gasteiger partial charge in [0.2, 0.25) is 0 Å². The minimum absolute atomic E-state index is 0.0607. The molecule has 7 nitrogen and oxygen atoms in total. The molecule has 1 aliphatic heterocycles. The summed E-state index contributed by atoms with van der Waals surface area (Å²) in [6.45, 7) is 14.8. The second-order valence-electron chi connectivity index (χ2n) is 8.56. The van der Waals surface area contributed by atoms with Crippen molar-refractivity contribution in [3.63, 3.8) is 0 Å². The Kier molecular flexibility index (Phi) is 6.54. The Hall–Kier alpha value is -1.64. The minimum atomic E-state index is -2.02. The van der Waals surface area contributed by atoms with E-state index in [9.17, 15) is 9.59 Å². The average Bonchev–Trinajstić information content (AvgIpc) is 2.92. The van der Waals surface area contributed by atoms with Crippen molar-refractivity contribution in [1.82, 2.24) is 9.55 Å². The van der Waals surface area contributed by atoms with Crippen molar-refractivity contribution < 1.29 is 13.9 Å². The summed E-state index contributed by atoms with van der Waals surface area (Å²) >= 11 is 0. The summed E-state index contributed by atoms with van der Waals surface area (Å²) in [5.41, 5.74) is -0.387. The number of hydrogen-bond donors (Lipinski definition) is 1. The molecule has 8 heteroatoms. The molecule has 0 saturated carbocycles. The number of H-pyrrole nitrogens is 1. The van der Waals surface area contributed by atoms with Crippen molar-refractivity contribution in [3.05, 3.63) is 44.9 Å². The van der Waals surface area contributed by atoms with Crippen molar-refractivity contribution in [2.24, 2.45) is 0 Å². The normalized spacial score (nSPS) is 23.9. The molecule has 152 valence electrons. The molecule has 0 radical (unpaired) electrons. The maximum absolute atomic E-state index is 12.3. The van der Waals surface area contributed by atoms with E-state index < -0.39 is 20.2 Å². The van der Waals surface area contributed by atoms with Crippen molar-refractivity contribution in [3.8, 4) is 0 Å². The van der Waals surface area contributed by atoms with Gasteiger partial charge in [0.15, 0.2) is 8.32 Å². The van der Waals surface area contributed by atoms with Gasteiger partial charge in [0.25, 0.3) is 5.56 Å². The van der Waals surface area contributed by atoms with E-state index in [0.717, 1.165) is 0 Å². The predicted molar refractivity (Wildman–Crippen MR) is 107 cm³/mol. The van der Waals surface area contributed by atoms with Crippen LogP contribution in [0.25, 0.3) is 0 Å². The largest absolute Gasteiger partial charge is 0.499 e. The van der Waals surface area contributed by atoms with Gasteiger partial charge in [-0.05, 0) is 32.0 Å².